The predicted molar refractivity (Wildman–Crippen MR) is 263 cm³/mol. The molecule has 2 amide bonds. The number of esters is 5. The molecule has 4 aliphatic rings. The smallest absolute Gasteiger partial charge is 0.407 e. The van der Waals surface area contributed by atoms with Crippen LogP contribution >= 0.6 is 12.6 Å². The maximum Gasteiger partial charge on any atom is 0.407 e. The molecule has 3 N–H and O–H groups in total. The van der Waals surface area contributed by atoms with Crippen LogP contribution in [0.2, 0.25) is 0 Å². The third-order valence-corrected chi connectivity index (χ3v) is 15.1. The van der Waals surface area contributed by atoms with Gasteiger partial charge < -0.3 is 48.9 Å². The SMILES string of the molecule is CCNC(=O)O[C@H]1C[C@H]2OC[C@@]2(OC(C)=O)C2[C@H](OC(=O)c3ccc(F)cc3)[C@]3(O)C[C@H](OC(=O)[C@H](OC(=O)CCS)[C@@H](NC(=O)c4ccccc4)c4ccccc4)C(C)=C([C@@H](OC(=O)CC)C(=O)[C@@]21C)C3(C)C. The van der Waals surface area contributed by atoms with Gasteiger partial charge in [-0.25, -0.2) is 18.8 Å². The molecule has 3 fully saturated rings. The van der Waals surface area contributed by atoms with Gasteiger partial charge in [0, 0.05) is 49.5 Å². The van der Waals surface area contributed by atoms with E-state index in [-0.39, 0.29) is 53.8 Å². The van der Waals surface area contributed by atoms with Gasteiger partial charge >= 0.3 is 35.9 Å². The van der Waals surface area contributed by atoms with Crippen LogP contribution in [0.15, 0.2) is 96.1 Å². The molecule has 2 saturated carbocycles. The first-order chi connectivity index (χ1) is 35.1. The number of aliphatic hydroxyl groups is 1. The first-order valence-electron chi connectivity index (χ1n) is 24.4. The Labute approximate surface area is 432 Å². The highest BCUT2D eigenvalue weighted by Crippen LogP contribution is 2.65. The van der Waals surface area contributed by atoms with E-state index in [1.165, 1.54) is 34.6 Å². The summed E-state index contributed by atoms with van der Waals surface area (Å²) in [7, 11) is 0. The van der Waals surface area contributed by atoms with Crippen LogP contribution in [0.3, 0.4) is 0 Å². The van der Waals surface area contributed by atoms with Gasteiger partial charge in [0.15, 0.2) is 17.5 Å². The van der Waals surface area contributed by atoms with E-state index in [1.807, 2.05) is 0 Å². The van der Waals surface area contributed by atoms with Crippen molar-refractivity contribution in [3.8, 4) is 0 Å². The molecule has 11 atom stereocenters. The van der Waals surface area contributed by atoms with Gasteiger partial charge in [0.25, 0.3) is 5.91 Å². The highest BCUT2D eigenvalue weighted by atomic mass is 32.1. The maximum atomic E-state index is 16.2. The topological polar surface area (TPSA) is 245 Å². The standard InChI is InChI=1S/C54H61FN2O16S/c1-8-38(59)70-42-40-29(3)35(68-49(64)43(71-39(60)24-25-74)41(31-16-12-10-13-17-31)57-47(62)32-18-14-11-15-19-32)27-54(66,51(40,5)6)46(72-48(63)33-20-22-34(55)23-21-33)44-52(7,45(42)61)36(69-50(65)56-9-2)26-37-53(44,28-67-37)73-30(4)58/h10-23,35-37,41-44,46,66,74H,8-9,24-28H2,1-7H3,(H,56,65)(H,57,62)/t35-,36-,37+,41-,42+,43+,44?,46-,52+,53-,54+/m0/s1. The van der Waals surface area contributed by atoms with E-state index in [0.29, 0.717) is 5.56 Å². The normalized spacial score (nSPS) is 28.4. The number of rotatable bonds is 16. The van der Waals surface area contributed by atoms with Crippen LogP contribution < -0.4 is 10.6 Å². The van der Waals surface area contributed by atoms with Crippen molar-refractivity contribution in [3.63, 3.8) is 0 Å². The molecule has 1 heterocycles. The average molecular weight is 1050 g/mol. The monoisotopic (exact) mass is 1040 g/mol. The lowest BCUT2D eigenvalue weighted by Crippen LogP contribution is -2.82. The predicted octanol–water partition coefficient (Wildman–Crippen LogP) is 5.89. The second-order valence-corrected chi connectivity index (χ2v) is 20.0. The van der Waals surface area contributed by atoms with Crippen molar-refractivity contribution in [2.45, 2.75) is 128 Å². The first kappa shape index (κ1) is 55.1. The summed E-state index contributed by atoms with van der Waals surface area (Å²) < 4.78 is 57.5. The maximum absolute atomic E-state index is 16.2. The number of carbonyl (C=O) groups is 8. The van der Waals surface area contributed by atoms with E-state index in [1.54, 1.807) is 67.6 Å². The fourth-order valence-corrected chi connectivity index (χ4v) is 11.3. The summed E-state index contributed by atoms with van der Waals surface area (Å²) in [5.41, 5.74) is -8.22. The molecule has 1 unspecified atom stereocenters. The summed E-state index contributed by atoms with van der Waals surface area (Å²) in [6.07, 6.45) is -12.6. The summed E-state index contributed by atoms with van der Waals surface area (Å²) in [6, 6.07) is 19.1. The van der Waals surface area contributed by atoms with E-state index in [0.717, 1.165) is 31.2 Å². The average Bonchev–Trinajstić information content (AvgIpc) is 3.36. The van der Waals surface area contributed by atoms with Crippen LogP contribution in [0.25, 0.3) is 0 Å². The van der Waals surface area contributed by atoms with Crippen molar-refractivity contribution < 1.29 is 81.0 Å². The van der Waals surface area contributed by atoms with Crippen molar-refractivity contribution in [1.82, 2.24) is 10.6 Å². The molecule has 0 aromatic heterocycles. The minimum absolute atomic E-state index is 0.0167. The zero-order chi connectivity index (χ0) is 53.9. The Hall–Kier alpha value is -6.64. The number of amides is 2. The molecule has 3 aliphatic carbocycles. The summed E-state index contributed by atoms with van der Waals surface area (Å²) in [4.78, 5) is 114. The molecule has 3 aromatic carbocycles. The lowest BCUT2D eigenvalue weighted by atomic mass is 9.44. The molecule has 1 saturated heterocycles. The quantitative estimate of drug-likeness (QED) is 0.0566. The number of ether oxygens (including phenoxy) is 7. The number of benzene rings is 3. The van der Waals surface area contributed by atoms with E-state index in [2.05, 4.69) is 23.3 Å². The van der Waals surface area contributed by atoms with Crippen LogP contribution in [0, 0.1) is 22.6 Å². The lowest BCUT2D eigenvalue weighted by molar-refractivity contribution is -0.345. The summed E-state index contributed by atoms with van der Waals surface area (Å²) >= 11 is 4.17. The number of Topliss-reactive ketones (excluding diaryl/α,β-unsaturated/α-hetero) is 1. The van der Waals surface area contributed by atoms with Gasteiger partial charge in [0.2, 0.25) is 6.10 Å². The lowest BCUT2D eigenvalue weighted by Gasteiger charge is -2.67. The second kappa shape index (κ2) is 22.1. The Morgan fingerprint density at radius 2 is 1.51 bits per heavy atom. The van der Waals surface area contributed by atoms with E-state index in [9.17, 15) is 38.3 Å². The number of halogens is 1. The zero-order valence-corrected chi connectivity index (χ0v) is 42.9. The van der Waals surface area contributed by atoms with Crippen molar-refractivity contribution >= 4 is 60.3 Å². The number of fused-ring (bicyclic) bond motifs is 5. The van der Waals surface area contributed by atoms with Gasteiger partial charge in [0.05, 0.1) is 29.9 Å². The Balaban J connectivity index is 1.47. The molecule has 2 bridgehead atoms. The van der Waals surface area contributed by atoms with Crippen LogP contribution in [-0.4, -0.2) is 119 Å². The van der Waals surface area contributed by atoms with Crippen LogP contribution in [-0.2, 0) is 57.1 Å². The highest BCUT2D eigenvalue weighted by molar-refractivity contribution is 7.80. The molecule has 7 rings (SSSR count). The third-order valence-electron chi connectivity index (χ3n) is 14.9. The minimum atomic E-state index is -2.58. The van der Waals surface area contributed by atoms with Crippen LogP contribution in [0.4, 0.5) is 9.18 Å². The summed E-state index contributed by atoms with van der Waals surface area (Å²) in [6.45, 7) is 9.81. The number of thiol groups is 1. The van der Waals surface area contributed by atoms with Gasteiger partial charge in [-0.1, -0.05) is 69.3 Å². The zero-order valence-electron chi connectivity index (χ0n) is 42.0. The molecular weight excluding hydrogens is 984 g/mol. The second-order valence-electron chi connectivity index (χ2n) is 19.6. The number of ketones is 1. The highest BCUT2D eigenvalue weighted by Gasteiger charge is 2.79. The fourth-order valence-electron chi connectivity index (χ4n) is 11.1. The van der Waals surface area contributed by atoms with Crippen molar-refractivity contribution in [1.29, 1.82) is 0 Å². The molecule has 396 valence electrons. The van der Waals surface area contributed by atoms with E-state index in [4.69, 9.17) is 33.2 Å². The third kappa shape index (κ3) is 10.3. The van der Waals surface area contributed by atoms with Gasteiger partial charge in [-0.2, -0.15) is 12.6 Å². The van der Waals surface area contributed by atoms with Gasteiger partial charge in [0.1, 0.15) is 41.9 Å². The molecular formula is C54H61FN2O16S. The number of alkyl carbamates (subject to hydrolysis) is 1. The molecule has 3 aromatic rings. The molecule has 1 aliphatic heterocycles. The number of hydrogen-bond acceptors (Lipinski definition) is 17. The summed E-state index contributed by atoms with van der Waals surface area (Å²) in [5, 5.41) is 19.5. The molecule has 0 spiro atoms. The molecule has 0 radical (unpaired) electrons. The van der Waals surface area contributed by atoms with Gasteiger partial charge in [-0.05, 0) is 73.9 Å². The molecule has 18 nitrogen and oxygen atoms in total. The van der Waals surface area contributed by atoms with E-state index >= 15 is 9.59 Å². The number of hydrogen-bond donors (Lipinski definition) is 4. The Morgan fingerprint density at radius 1 is 0.865 bits per heavy atom. The van der Waals surface area contributed by atoms with Gasteiger partial charge in [-0.15, -0.1) is 0 Å². The fraction of sp³-hybridized carbons (Fsp3) is 0.481. The Morgan fingerprint density at radius 3 is 2.09 bits per heavy atom. The Bertz CT molecular complexity index is 2690. The van der Waals surface area contributed by atoms with E-state index < -0.39 is 137 Å². The molecule has 74 heavy (non-hydrogen) atoms. The first-order valence-corrected chi connectivity index (χ1v) is 25.0. The van der Waals surface area contributed by atoms with Crippen molar-refractivity contribution in [2.75, 3.05) is 18.9 Å². The van der Waals surface area contributed by atoms with Crippen LogP contribution in [0.5, 0.6) is 0 Å². The number of nitrogens with one attached hydrogen (secondary N) is 2. The number of carbonyl (C=O) groups excluding carboxylic acids is 8. The van der Waals surface area contributed by atoms with Crippen molar-refractivity contribution in [3.05, 3.63) is 119 Å². The Kier molecular flexibility index (Phi) is 16.4. The minimum Gasteiger partial charge on any atom is -0.455 e. The van der Waals surface area contributed by atoms with Crippen LogP contribution in [0.1, 0.15) is 106 Å². The van der Waals surface area contributed by atoms with Gasteiger partial charge in [-0.3, -0.25) is 24.0 Å². The summed E-state index contributed by atoms with van der Waals surface area (Å²) in [5.74, 6) is -8.98. The van der Waals surface area contributed by atoms with Crippen molar-refractivity contribution in [2.24, 2.45) is 16.7 Å². The largest absolute Gasteiger partial charge is 0.455 e. The molecule has 20 heteroatoms.